The van der Waals surface area contributed by atoms with Crippen LogP contribution in [0.4, 0.5) is 0 Å². The zero-order valence-corrected chi connectivity index (χ0v) is 15.3. The van der Waals surface area contributed by atoms with Gasteiger partial charge in [-0.2, -0.15) is 0 Å². The van der Waals surface area contributed by atoms with Gasteiger partial charge in [-0.1, -0.05) is 41.6 Å². The van der Waals surface area contributed by atoms with E-state index in [1.165, 1.54) is 22.3 Å². The van der Waals surface area contributed by atoms with Crippen molar-refractivity contribution >= 4 is 17.5 Å². The van der Waals surface area contributed by atoms with Gasteiger partial charge >= 0.3 is 0 Å². The first-order valence-corrected chi connectivity index (χ1v) is 9.38. The largest absolute Gasteiger partial charge is 0.411 e. The minimum Gasteiger partial charge on any atom is -0.411 e. The van der Waals surface area contributed by atoms with Gasteiger partial charge in [-0.15, -0.1) is 0 Å². The van der Waals surface area contributed by atoms with E-state index in [0.29, 0.717) is 13.0 Å². The third-order valence-electron chi connectivity index (χ3n) is 5.40. The molecule has 0 atom stereocenters. The Morgan fingerprint density at radius 1 is 1.00 bits per heavy atom. The number of aliphatic imine (C=N–C) groups is 1. The first-order valence-electron chi connectivity index (χ1n) is 9.38. The molecule has 5 rings (SSSR count). The van der Waals surface area contributed by atoms with Crippen LogP contribution < -0.4 is 0 Å². The van der Waals surface area contributed by atoms with Gasteiger partial charge in [0.1, 0.15) is 0 Å². The van der Waals surface area contributed by atoms with Gasteiger partial charge in [0, 0.05) is 29.9 Å². The average Bonchev–Trinajstić information content (AvgIpc) is 3.35. The highest BCUT2D eigenvalue weighted by Gasteiger charge is 2.24. The van der Waals surface area contributed by atoms with Gasteiger partial charge in [0.25, 0.3) is 0 Å². The fraction of sp³-hybridized carbons (Fsp3) is 0.125. The van der Waals surface area contributed by atoms with Crippen LogP contribution in [0.1, 0.15) is 33.4 Å². The molecule has 0 saturated heterocycles. The molecule has 0 unspecified atom stereocenters. The van der Waals surface area contributed by atoms with E-state index >= 15 is 0 Å². The summed E-state index contributed by atoms with van der Waals surface area (Å²) in [5.74, 6) is 0. The van der Waals surface area contributed by atoms with Gasteiger partial charge in [0.2, 0.25) is 0 Å². The van der Waals surface area contributed by atoms with E-state index in [0.717, 1.165) is 34.5 Å². The van der Waals surface area contributed by atoms with Crippen molar-refractivity contribution in [1.29, 1.82) is 0 Å². The summed E-state index contributed by atoms with van der Waals surface area (Å²) in [6.07, 6.45) is 7.17. The van der Waals surface area contributed by atoms with E-state index in [1.54, 1.807) is 12.4 Å². The molecule has 4 nitrogen and oxygen atoms in total. The van der Waals surface area contributed by atoms with Crippen LogP contribution >= 0.6 is 0 Å². The monoisotopic (exact) mass is 365 g/mol. The summed E-state index contributed by atoms with van der Waals surface area (Å²) in [5.41, 5.74) is 9.97. The van der Waals surface area contributed by atoms with E-state index in [9.17, 15) is 5.21 Å². The molecular weight excluding hydrogens is 346 g/mol. The van der Waals surface area contributed by atoms with Gasteiger partial charge < -0.3 is 5.21 Å². The highest BCUT2D eigenvalue weighted by Crippen LogP contribution is 2.33. The standard InChI is InChI=1S/C24H19N3O/c28-27-23(10-16-4-2-1-3-5-16)20-11-18-13-21-15-26-24(17-6-8-25-9-7-17)22(21)14-19(18)12-20/h1-9,12-14,28H,10-11,15H2/b27-23-. The molecular formula is C24H19N3O. The van der Waals surface area contributed by atoms with Crippen molar-refractivity contribution in [1.82, 2.24) is 4.98 Å². The summed E-state index contributed by atoms with van der Waals surface area (Å²) in [7, 11) is 0. The molecule has 0 saturated carbocycles. The molecule has 0 fully saturated rings. The number of pyridine rings is 1. The molecule has 136 valence electrons. The maximum Gasteiger partial charge on any atom is 0.0874 e. The molecule has 0 amide bonds. The Kier molecular flexibility index (Phi) is 4.09. The summed E-state index contributed by atoms with van der Waals surface area (Å²) in [4.78, 5) is 8.85. The highest BCUT2D eigenvalue weighted by molar-refractivity contribution is 6.15. The zero-order valence-electron chi connectivity index (χ0n) is 15.3. The van der Waals surface area contributed by atoms with Gasteiger partial charge in [-0.05, 0) is 58.5 Å². The summed E-state index contributed by atoms with van der Waals surface area (Å²) >= 11 is 0. The molecule has 28 heavy (non-hydrogen) atoms. The number of allylic oxidation sites excluding steroid dienone is 1. The maximum atomic E-state index is 9.61. The number of rotatable bonds is 4. The van der Waals surface area contributed by atoms with E-state index in [-0.39, 0.29) is 0 Å². The van der Waals surface area contributed by atoms with E-state index in [4.69, 9.17) is 4.99 Å². The number of nitrogens with zero attached hydrogens (tertiary/aromatic N) is 3. The van der Waals surface area contributed by atoms with Crippen molar-refractivity contribution in [2.45, 2.75) is 19.4 Å². The predicted octanol–water partition coefficient (Wildman–Crippen LogP) is 4.45. The fourth-order valence-electron chi connectivity index (χ4n) is 3.99. The zero-order chi connectivity index (χ0) is 18.9. The van der Waals surface area contributed by atoms with Crippen molar-refractivity contribution in [2.75, 3.05) is 0 Å². The summed E-state index contributed by atoms with van der Waals surface area (Å²) in [6.45, 7) is 0.709. The quantitative estimate of drug-likeness (QED) is 0.422. The van der Waals surface area contributed by atoms with Crippen molar-refractivity contribution in [2.24, 2.45) is 10.1 Å². The molecule has 1 aliphatic heterocycles. The van der Waals surface area contributed by atoms with Crippen LogP contribution in [0.15, 0.2) is 82.7 Å². The van der Waals surface area contributed by atoms with Crippen LogP contribution in [0.25, 0.3) is 6.08 Å². The second kappa shape index (κ2) is 6.89. The van der Waals surface area contributed by atoms with Crippen LogP contribution in [0.2, 0.25) is 0 Å². The predicted molar refractivity (Wildman–Crippen MR) is 111 cm³/mol. The Hall–Kier alpha value is -3.53. The lowest BCUT2D eigenvalue weighted by molar-refractivity contribution is 0.318. The Morgan fingerprint density at radius 2 is 1.82 bits per heavy atom. The topological polar surface area (TPSA) is 57.8 Å². The molecule has 3 aromatic rings. The number of aromatic nitrogens is 1. The highest BCUT2D eigenvalue weighted by atomic mass is 16.4. The molecule has 1 N–H and O–H groups in total. The molecule has 2 heterocycles. The maximum absolute atomic E-state index is 9.61. The van der Waals surface area contributed by atoms with Crippen LogP contribution in [-0.4, -0.2) is 21.6 Å². The number of benzene rings is 2. The van der Waals surface area contributed by atoms with Crippen LogP contribution in [0.3, 0.4) is 0 Å². The summed E-state index contributed by atoms with van der Waals surface area (Å²) in [5, 5.41) is 13.2. The fourth-order valence-corrected chi connectivity index (χ4v) is 3.99. The number of oxime groups is 1. The number of hydrogen-bond acceptors (Lipinski definition) is 4. The van der Waals surface area contributed by atoms with Crippen molar-refractivity contribution in [3.8, 4) is 0 Å². The lowest BCUT2D eigenvalue weighted by atomic mass is 9.95. The minimum absolute atomic E-state index is 0.626. The Balaban J connectivity index is 1.46. The van der Waals surface area contributed by atoms with Gasteiger partial charge in [0.05, 0.1) is 18.0 Å². The van der Waals surface area contributed by atoms with E-state index in [2.05, 4.69) is 40.5 Å². The molecule has 1 aromatic heterocycles. The lowest BCUT2D eigenvalue weighted by Gasteiger charge is -2.07. The van der Waals surface area contributed by atoms with E-state index in [1.807, 2.05) is 30.3 Å². The lowest BCUT2D eigenvalue weighted by Crippen LogP contribution is -2.07. The first-order chi connectivity index (χ1) is 13.8. The summed E-state index contributed by atoms with van der Waals surface area (Å²) < 4.78 is 0. The number of hydrogen-bond donors (Lipinski definition) is 1. The molecule has 0 bridgehead atoms. The summed E-state index contributed by atoms with van der Waals surface area (Å²) in [6, 6.07) is 18.6. The number of fused-ring (bicyclic) bond motifs is 2. The van der Waals surface area contributed by atoms with Gasteiger partial charge in [-0.25, -0.2) is 0 Å². The molecule has 0 radical (unpaired) electrons. The Labute approximate surface area is 163 Å². The first kappa shape index (κ1) is 16.6. The second-order valence-corrected chi connectivity index (χ2v) is 7.16. The van der Waals surface area contributed by atoms with E-state index < -0.39 is 0 Å². The molecule has 2 aliphatic rings. The van der Waals surface area contributed by atoms with Gasteiger partial charge in [0.15, 0.2) is 0 Å². The SMILES string of the molecule is O/N=C(/Cc1ccccc1)C1=Cc2cc3c(cc2C1)CN=C3c1ccncc1. The van der Waals surface area contributed by atoms with Gasteiger partial charge in [-0.3, -0.25) is 9.98 Å². The van der Waals surface area contributed by atoms with Crippen molar-refractivity contribution in [3.05, 3.63) is 106 Å². The van der Waals surface area contributed by atoms with Crippen molar-refractivity contribution in [3.63, 3.8) is 0 Å². The Morgan fingerprint density at radius 3 is 2.61 bits per heavy atom. The third-order valence-corrected chi connectivity index (χ3v) is 5.40. The Bertz CT molecular complexity index is 1130. The molecule has 0 spiro atoms. The normalized spacial score (nSPS) is 15.1. The van der Waals surface area contributed by atoms with Crippen LogP contribution in [0, 0.1) is 0 Å². The van der Waals surface area contributed by atoms with Crippen LogP contribution in [-0.2, 0) is 19.4 Å². The smallest absolute Gasteiger partial charge is 0.0874 e. The third kappa shape index (κ3) is 2.93. The van der Waals surface area contributed by atoms with Crippen molar-refractivity contribution < 1.29 is 5.21 Å². The molecule has 2 aromatic carbocycles. The van der Waals surface area contributed by atoms with Crippen LogP contribution in [0.5, 0.6) is 0 Å². The minimum atomic E-state index is 0.626. The molecule has 1 aliphatic carbocycles. The average molecular weight is 365 g/mol. The molecule has 4 heteroatoms. The second-order valence-electron chi connectivity index (χ2n) is 7.16.